The molecular formula is C14H21ClN2O3S. The first-order valence-electron chi connectivity index (χ1n) is 6.89. The summed E-state index contributed by atoms with van der Waals surface area (Å²) in [6.45, 7) is 7.41. The van der Waals surface area contributed by atoms with Crippen LogP contribution in [0.15, 0.2) is 29.2 Å². The lowest BCUT2D eigenvalue weighted by Gasteiger charge is -2.40. The van der Waals surface area contributed by atoms with Crippen LogP contribution >= 0.6 is 11.6 Å². The fourth-order valence-corrected chi connectivity index (χ4v) is 3.58. The smallest absolute Gasteiger partial charge is 0.240 e. The molecule has 0 spiro atoms. The van der Waals surface area contributed by atoms with E-state index in [0.29, 0.717) is 24.8 Å². The van der Waals surface area contributed by atoms with Gasteiger partial charge in [-0.2, -0.15) is 0 Å². The van der Waals surface area contributed by atoms with E-state index in [1.165, 1.54) is 12.1 Å². The molecule has 1 saturated heterocycles. The Morgan fingerprint density at radius 2 is 1.81 bits per heavy atom. The van der Waals surface area contributed by atoms with Gasteiger partial charge in [0.1, 0.15) is 0 Å². The molecule has 1 heterocycles. The molecule has 1 fully saturated rings. The Balaban J connectivity index is 2.01. The second-order valence-corrected chi connectivity index (χ2v) is 7.89. The van der Waals surface area contributed by atoms with Gasteiger partial charge in [0.15, 0.2) is 0 Å². The summed E-state index contributed by atoms with van der Waals surface area (Å²) in [6.07, 6.45) is 0. The molecule has 0 unspecified atom stereocenters. The van der Waals surface area contributed by atoms with E-state index in [-0.39, 0.29) is 10.4 Å². The number of nitrogens with one attached hydrogen (secondary N) is 1. The fourth-order valence-electron chi connectivity index (χ4n) is 2.25. The number of ether oxygens (including phenoxy) is 1. The predicted molar refractivity (Wildman–Crippen MR) is 83.1 cm³/mol. The molecule has 1 aromatic rings. The van der Waals surface area contributed by atoms with Crippen LogP contribution in [-0.2, 0) is 14.8 Å². The Hall–Kier alpha value is -0.660. The van der Waals surface area contributed by atoms with Crippen molar-refractivity contribution in [2.75, 3.05) is 32.8 Å². The fraction of sp³-hybridized carbons (Fsp3) is 0.571. The molecule has 21 heavy (non-hydrogen) atoms. The lowest BCUT2D eigenvalue weighted by molar-refractivity contribution is -0.00803. The molecule has 2 rings (SSSR count). The lowest BCUT2D eigenvalue weighted by atomic mass is 10.0. The monoisotopic (exact) mass is 332 g/mol. The highest BCUT2D eigenvalue weighted by atomic mass is 35.5. The van der Waals surface area contributed by atoms with Crippen molar-refractivity contribution in [3.05, 3.63) is 29.3 Å². The number of halogens is 1. The van der Waals surface area contributed by atoms with E-state index in [1.54, 1.807) is 12.1 Å². The molecule has 0 aliphatic carbocycles. The van der Waals surface area contributed by atoms with Gasteiger partial charge < -0.3 is 4.74 Å². The second-order valence-electron chi connectivity index (χ2n) is 5.69. The molecule has 1 aliphatic heterocycles. The van der Waals surface area contributed by atoms with Gasteiger partial charge in [-0.25, -0.2) is 13.1 Å². The maximum Gasteiger partial charge on any atom is 0.240 e. The topological polar surface area (TPSA) is 58.6 Å². The van der Waals surface area contributed by atoms with E-state index in [1.807, 2.05) is 13.8 Å². The Labute approximate surface area is 131 Å². The summed E-state index contributed by atoms with van der Waals surface area (Å²) in [4.78, 5) is 2.46. The third kappa shape index (κ3) is 4.40. The molecule has 0 atom stereocenters. The van der Waals surface area contributed by atoms with Gasteiger partial charge in [-0.1, -0.05) is 11.6 Å². The minimum absolute atomic E-state index is 0.227. The SMILES string of the molecule is CC(C)(CNS(=O)(=O)c1ccc(Cl)cc1)N1CCOCC1. The molecule has 0 radical (unpaired) electrons. The lowest BCUT2D eigenvalue weighted by Crippen LogP contribution is -2.55. The van der Waals surface area contributed by atoms with Crippen molar-refractivity contribution in [3.63, 3.8) is 0 Å². The number of sulfonamides is 1. The van der Waals surface area contributed by atoms with Crippen LogP contribution in [0.4, 0.5) is 0 Å². The average Bonchev–Trinajstić information content (AvgIpc) is 2.47. The van der Waals surface area contributed by atoms with Crippen LogP contribution in [0.1, 0.15) is 13.8 Å². The minimum atomic E-state index is -3.52. The minimum Gasteiger partial charge on any atom is -0.379 e. The molecule has 118 valence electrons. The summed E-state index contributed by atoms with van der Waals surface area (Å²) < 4.78 is 32.6. The molecule has 0 aromatic heterocycles. The number of nitrogens with zero attached hydrogens (tertiary/aromatic N) is 1. The normalized spacial score (nSPS) is 17.9. The van der Waals surface area contributed by atoms with Crippen molar-refractivity contribution in [2.45, 2.75) is 24.3 Å². The van der Waals surface area contributed by atoms with Crippen LogP contribution in [0.2, 0.25) is 5.02 Å². The van der Waals surface area contributed by atoms with Gasteiger partial charge in [0.2, 0.25) is 10.0 Å². The molecule has 0 saturated carbocycles. The molecular weight excluding hydrogens is 312 g/mol. The maximum atomic E-state index is 12.3. The highest BCUT2D eigenvalue weighted by molar-refractivity contribution is 7.89. The van der Waals surface area contributed by atoms with Gasteiger partial charge in [0.05, 0.1) is 18.1 Å². The number of benzene rings is 1. The van der Waals surface area contributed by atoms with Gasteiger partial charge in [-0.15, -0.1) is 0 Å². The predicted octanol–water partition coefficient (Wildman–Crippen LogP) is 1.73. The highest BCUT2D eigenvalue weighted by Gasteiger charge is 2.29. The third-order valence-electron chi connectivity index (χ3n) is 3.69. The van der Waals surface area contributed by atoms with Crippen molar-refractivity contribution in [1.82, 2.24) is 9.62 Å². The number of morpholine rings is 1. The number of hydrogen-bond acceptors (Lipinski definition) is 4. The summed E-state index contributed by atoms with van der Waals surface area (Å²) in [7, 11) is -3.52. The average molecular weight is 333 g/mol. The van der Waals surface area contributed by atoms with Crippen LogP contribution in [0.5, 0.6) is 0 Å². The van der Waals surface area contributed by atoms with Crippen LogP contribution < -0.4 is 4.72 Å². The Kier molecular flexibility index (Phi) is 5.27. The summed E-state index contributed by atoms with van der Waals surface area (Å²) in [6, 6.07) is 6.16. The van der Waals surface area contributed by atoms with Gasteiger partial charge in [0, 0.05) is 30.2 Å². The molecule has 1 N–H and O–H groups in total. The first kappa shape index (κ1) is 16.7. The highest BCUT2D eigenvalue weighted by Crippen LogP contribution is 2.18. The number of rotatable bonds is 5. The summed E-state index contributed by atoms with van der Waals surface area (Å²) in [5.41, 5.74) is -0.261. The van der Waals surface area contributed by atoms with Crippen molar-refractivity contribution in [3.8, 4) is 0 Å². The maximum absolute atomic E-state index is 12.3. The van der Waals surface area contributed by atoms with Crippen LogP contribution in [-0.4, -0.2) is 51.7 Å². The van der Waals surface area contributed by atoms with E-state index >= 15 is 0 Å². The van der Waals surface area contributed by atoms with E-state index in [4.69, 9.17) is 16.3 Å². The second kappa shape index (κ2) is 6.62. The Bertz CT molecular complexity index is 566. The summed E-state index contributed by atoms with van der Waals surface area (Å²) in [5, 5.41) is 0.516. The first-order valence-corrected chi connectivity index (χ1v) is 8.75. The van der Waals surface area contributed by atoms with Crippen molar-refractivity contribution < 1.29 is 13.2 Å². The van der Waals surface area contributed by atoms with Crippen LogP contribution in [0, 0.1) is 0 Å². The zero-order valence-electron chi connectivity index (χ0n) is 12.3. The Morgan fingerprint density at radius 3 is 2.38 bits per heavy atom. The molecule has 0 bridgehead atoms. The van der Waals surface area contributed by atoms with Crippen LogP contribution in [0.3, 0.4) is 0 Å². The van der Waals surface area contributed by atoms with Crippen molar-refractivity contribution >= 4 is 21.6 Å². The van der Waals surface area contributed by atoms with Crippen molar-refractivity contribution in [1.29, 1.82) is 0 Å². The van der Waals surface area contributed by atoms with Crippen LogP contribution in [0.25, 0.3) is 0 Å². The molecule has 1 aromatic carbocycles. The largest absolute Gasteiger partial charge is 0.379 e. The molecule has 5 nitrogen and oxygen atoms in total. The van der Waals surface area contributed by atoms with E-state index < -0.39 is 10.0 Å². The summed E-state index contributed by atoms with van der Waals surface area (Å²) in [5.74, 6) is 0. The van der Waals surface area contributed by atoms with Gasteiger partial charge in [-0.05, 0) is 38.1 Å². The van der Waals surface area contributed by atoms with E-state index in [9.17, 15) is 8.42 Å². The standard InChI is InChI=1S/C14H21ClN2O3S/c1-14(2,17-7-9-20-10-8-17)11-16-21(18,19)13-5-3-12(15)4-6-13/h3-6,16H,7-11H2,1-2H3. The Morgan fingerprint density at radius 1 is 1.24 bits per heavy atom. The quantitative estimate of drug-likeness (QED) is 0.892. The third-order valence-corrected chi connectivity index (χ3v) is 5.36. The van der Waals surface area contributed by atoms with Gasteiger partial charge in [-0.3, -0.25) is 4.90 Å². The zero-order chi connectivity index (χ0) is 15.5. The first-order chi connectivity index (χ1) is 9.81. The van der Waals surface area contributed by atoms with Crippen molar-refractivity contribution in [2.24, 2.45) is 0 Å². The number of hydrogen-bond donors (Lipinski definition) is 1. The summed E-state index contributed by atoms with van der Waals surface area (Å²) >= 11 is 5.78. The molecule has 7 heteroatoms. The molecule has 1 aliphatic rings. The van der Waals surface area contributed by atoms with Gasteiger partial charge in [0.25, 0.3) is 0 Å². The molecule has 0 amide bonds. The van der Waals surface area contributed by atoms with E-state index in [0.717, 1.165) is 13.1 Å². The van der Waals surface area contributed by atoms with E-state index in [2.05, 4.69) is 9.62 Å². The zero-order valence-corrected chi connectivity index (χ0v) is 13.9. The van der Waals surface area contributed by atoms with Gasteiger partial charge >= 0.3 is 0 Å².